The molecule has 1 atom stereocenters. The van der Waals surface area contributed by atoms with Crippen molar-refractivity contribution in [1.82, 2.24) is 0 Å². The van der Waals surface area contributed by atoms with Gasteiger partial charge in [0, 0.05) is 11.4 Å². The second-order valence-corrected chi connectivity index (χ2v) is 7.02. The van der Waals surface area contributed by atoms with Crippen LogP contribution in [0.1, 0.15) is 44.7 Å². The summed E-state index contributed by atoms with van der Waals surface area (Å²) in [6.07, 6.45) is 0.373. The van der Waals surface area contributed by atoms with Crippen LogP contribution in [0.25, 0.3) is 0 Å². The quantitative estimate of drug-likeness (QED) is 0.619. The number of benzene rings is 2. The van der Waals surface area contributed by atoms with Crippen molar-refractivity contribution in [1.29, 1.82) is 0 Å². The molecule has 2 aromatic rings. The van der Waals surface area contributed by atoms with Crippen molar-refractivity contribution in [2.24, 2.45) is 0 Å². The van der Waals surface area contributed by atoms with E-state index in [1.807, 2.05) is 42.5 Å². The largest absolute Gasteiger partial charge is 0.476 e. The maximum Gasteiger partial charge on any atom is 0.350 e. The van der Waals surface area contributed by atoms with Crippen molar-refractivity contribution in [3.8, 4) is 5.75 Å². The summed E-state index contributed by atoms with van der Waals surface area (Å²) in [5.74, 6) is 0.696. The van der Waals surface area contributed by atoms with Crippen LogP contribution >= 0.6 is 11.6 Å². The zero-order valence-corrected chi connectivity index (χ0v) is 16.0. The highest BCUT2D eigenvalue weighted by molar-refractivity contribution is 6.30. The Bertz CT molecular complexity index is 709. The third kappa shape index (κ3) is 5.23. The minimum Gasteiger partial charge on any atom is -0.476 e. The van der Waals surface area contributed by atoms with Crippen molar-refractivity contribution in [2.45, 2.75) is 45.6 Å². The Balaban J connectivity index is 2.26. The monoisotopic (exact) mass is 360 g/mol. The second kappa shape index (κ2) is 8.39. The van der Waals surface area contributed by atoms with Gasteiger partial charge in [-0.15, -0.1) is 0 Å². The first-order chi connectivity index (χ1) is 11.8. The van der Waals surface area contributed by atoms with Gasteiger partial charge >= 0.3 is 5.97 Å². The third-order valence-corrected chi connectivity index (χ3v) is 4.26. The molecule has 2 aromatic carbocycles. The van der Waals surface area contributed by atoms with Crippen LogP contribution in [0.2, 0.25) is 5.02 Å². The maximum absolute atomic E-state index is 12.6. The van der Waals surface area contributed by atoms with Gasteiger partial charge in [0.1, 0.15) is 5.75 Å². The van der Waals surface area contributed by atoms with Crippen LogP contribution in [-0.2, 0) is 16.0 Å². The molecule has 0 amide bonds. The highest BCUT2D eigenvalue weighted by atomic mass is 35.5. The zero-order chi connectivity index (χ0) is 18.4. The summed E-state index contributed by atoms with van der Waals surface area (Å²) in [4.78, 5) is 12.6. The molecule has 0 spiro atoms. The van der Waals surface area contributed by atoms with Gasteiger partial charge in [-0.1, -0.05) is 49.7 Å². The van der Waals surface area contributed by atoms with Crippen LogP contribution in [0.4, 0.5) is 0 Å². The third-order valence-electron chi connectivity index (χ3n) is 4.03. The molecule has 0 fully saturated rings. The molecule has 0 aromatic heterocycles. The number of rotatable bonds is 7. The van der Waals surface area contributed by atoms with E-state index in [0.717, 1.165) is 5.56 Å². The minimum absolute atomic E-state index is 0.305. The van der Waals surface area contributed by atoms with Gasteiger partial charge in [-0.2, -0.15) is 0 Å². The summed E-state index contributed by atoms with van der Waals surface area (Å²) in [6.45, 7) is 8.12. The lowest BCUT2D eigenvalue weighted by Gasteiger charge is -2.29. The molecule has 1 unspecified atom stereocenters. The molecule has 0 aliphatic rings. The number of hydrogen-bond donors (Lipinski definition) is 0. The minimum atomic E-state index is -1.12. The van der Waals surface area contributed by atoms with Gasteiger partial charge < -0.3 is 9.47 Å². The van der Waals surface area contributed by atoms with Gasteiger partial charge in [0.2, 0.25) is 5.60 Å². The Labute approximate surface area is 154 Å². The van der Waals surface area contributed by atoms with Crippen LogP contribution in [0.15, 0.2) is 48.5 Å². The highest BCUT2D eigenvalue weighted by Crippen LogP contribution is 2.26. The molecule has 2 rings (SSSR count). The van der Waals surface area contributed by atoms with Crippen LogP contribution in [0.3, 0.4) is 0 Å². The normalized spacial score (nSPS) is 13.4. The Morgan fingerprint density at radius 3 is 2.40 bits per heavy atom. The summed E-state index contributed by atoms with van der Waals surface area (Å²) in [5.41, 5.74) is 1.02. The molecule has 4 heteroatoms. The topological polar surface area (TPSA) is 35.5 Å². The second-order valence-electron chi connectivity index (χ2n) is 6.58. The van der Waals surface area contributed by atoms with Crippen molar-refractivity contribution >= 4 is 17.6 Å². The van der Waals surface area contributed by atoms with Gasteiger partial charge in [-0.25, -0.2) is 4.79 Å². The van der Waals surface area contributed by atoms with E-state index in [0.29, 0.717) is 29.7 Å². The van der Waals surface area contributed by atoms with E-state index in [2.05, 4.69) is 13.8 Å². The number of carbonyl (C=O) groups is 1. The summed E-state index contributed by atoms with van der Waals surface area (Å²) in [5, 5.41) is 0.630. The van der Waals surface area contributed by atoms with E-state index in [4.69, 9.17) is 21.1 Å². The van der Waals surface area contributed by atoms with Gasteiger partial charge in [-0.05, 0) is 55.2 Å². The molecule has 0 heterocycles. The van der Waals surface area contributed by atoms with E-state index in [1.165, 1.54) is 5.56 Å². The molecular weight excluding hydrogens is 336 g/mol. The lowest BCUT2D eigenvalue weighted by atomic mass is 9.96. The standard InChI is InChI=1S/C21H25ClO3/c1-5-24-20(23)21(4,14-16-7-6-8-18(22)13-16)25-19-11-9-17(10-12-19)15(2)3/h6-13,15H,5,14H2,1-4H3. The Hall–Kier alpha value is -2.00. The fourth-order valence-electron chi connectivity index (χ4n) is 2.65. The average molecular weight is 361 g/mol. The lowest BCUT2D eigenvalue weighted by molar-refractivity contribution is -0.160. The van der Waals surface area contributed by atoms with E-state index in [9.17, 15) is 4.79 Å². The molecule has 0 radical (unpaired) electrons. The van der Waals surface area contributed by atoms with Crippen molar-refractivity contribution in [2.75, 3.05) is 6.61 Å². The van der Waals surface area contributed by atoms with Crippen LogP contribution in [-0.4, -0.2) is 18.2 Å². The molecule has 0 aliphatic carbocycles. The summed E-state index contributed by atoms with van der Waals surface area (Å²) in [7, 11) is 0. The molecule has 0 bridgehead atoms. The molecule has 0 N–H and O–H groups in total. The van der Waals surface area contributed by atoms with Crippen LogP contribution < -0.4 is 4.74 Å². The van der Waals surface area contributed by atoms with Crippen molar-refractivity contribution in [3.05, 3.63) is 64.7 Å². The summed E-state index contributed by atoms with van der Waals surface area (Å²) >= 11 is 6.06. The maximum atomic E-state index is 12.6. The number of esters is 1. The molecule has 134 valence electrons. The molecule has 0 saturated carbocycles. The van der Waals surface area contributed by atoms with Crippen LogP contribution in [0.5, 0.6) is 5.75 Å². The first kappa shape index (κ1) is 19.3. The first-order valence-electron chi connectivity index (χ1n) is 8.54. The number of ether oxygens (including phenoxy) is 2. The molecule has 3 nitrogen and oxygen atoms in total. The van der Waals surface area contributed by atoms with Crippen LogP contribution in [0, 0.1) is 0 Å². The highest BCUT2D eigenvalue weighted by Gasteiger charge is 2.37. The number of hydrogen-bond acceptors (Lipinski definition) is 3. The Kier molecular flexibility index (Phi) is 6.49. The lowest BCUT2D eigenvalue weighted by Crippen LogP contribution is -2.45. The Morgan fingerprint density at radius 1 is 1.16 bits per heavy atom. The molecule has 0 saturated heterocycles. The van der Waals surface area contributed by atoms with E-state index < -0.39 is 5.60 Å². The predicted molar refractivity (Wildman–Crippen MR) is 101 cm³/mol. The fourth-order valence-corrected chi connectivity index (χ4v) is 2.86. The Morgan fingerprint density at radius 2 is 1.84 bits per heavy atom. The van der Waals surface area contributed by atoms with E-state index in [1.54, 1.807) is 19.9 Å². The molecule has 0 aliphatic heterocycles. The SMILES string of the molecule is CCOC(=O)C(C)(Cc1cccc(Cl)c1)Oc1ccc(C(C)C)cc1. The van der Waals surface area contributed by atoms with E-state index in [-0.39, 0.29) is 5.97 Å². The average Bonchev–Trinajstić information content (AvgIpc) is 2.55. The first-order valence-corrected chi connectivity index (χ1v) is 8.92. The molecular formula is C21H25ClO3. The van der Waals surface area contributed by atoms with E-state index >= 15 is 0 Å². The predicted octanol–water partition coefficient (Wildman–Crippen LogP) is 5.41. The smallest absolute Gasteiger partial charge is 0.350 e. The van der Waals surface area contributed by atoms with Gasteiger partial charge in [-0.3, -0.25) is 0 Å². The van der Waals surface area contributed by atoms with Gasteiger partial charge in [0.15, 0.2) is 0 Å². The molecule has 25 heavy (non-hydrogen) atoms. The van der Waals surface area contributed by atoms with Crippen molar-refractivity contribution < 1.29 is 14.3 Å². The summed E-state index contributed by atoms with van der Waals surface area (Å²) < 4.78 is 11.3. The van der Waals surface area contributed by atoms with Gasteiger partial charge in [0.05, 0.1) is 6.61 Å². The zero-order valence-electron chi connectivity index (χ0n) is 15.2. The number of carbonyl (C=O) groups excluding carboxylic acids is 1. The van der Waals surface area contributed by atoms with Gasteiger partial charge in [0.25, 0.3) is 0 Å². The fraction of sp³-hybridized carbons (Fsp3) is 0.381. The van der Waals surface area contributed by atoms with Crippen molar-refractivity contribution in [3.63, 3.8) is 0 Å². The number of halogens is 1. The summed E-state index contributed by atoms with van der Waals surface area (Å²) in [6, 6.07) is 15.3.